The lowest BCUT2D eigenvalue weighted by Gasteiger charge is -2.06. The molecule has 0 atom stereocenters. The van der Waals surface area contributed by atoms with Gasteiger partial charge >= 0.3 is 0 Å². The number of amidine groups is 1. The summed E-state index contributed by atoms with van der Waals surface area (Å²) >= 11 is 0. The van der Waals surface area contributed by atoms with Gasteiger partial charge in [-0.25, -0.2) is 4.99 Å². The number of fused-ring (bicyclic) bond motifs is 1. The number of nitrogens with zero attached hydrogens (tertiary/aromatic N) is 2. The summed E-state index contributed by atoms with van der Waals surface area (Å²) in [4.78, 5) is 12.2. The van der Waals surface area contributed by atoms with Crippen LogP contribution < -0.4 is 11.5 Å². The molecule has 0 radical (unpaired) electrons. The summed E-state index contributed by atoms with van der Waals surface area (Å²) < 4.78 is 0. The first kappa shape index (κ1) is 15.1. The summed E-state index contributed by atoms with van der Waals surface area (Å²) in [6.07, 6.45) is 1.62. The molecular weight excluding hydrogens is 312 g/mol. The summed E-state index contributed by atoms with van der Waals surface area (Å²) in [6, 6.07) is 15.7. The van der Waals surface area contributed by atoms with Crippen molar-refractivity contribution in [3.63, 3.8) is 0 Å². The van der Waals surface area contributed by atoms with Crippen LogP contribution in [0.3, 0.4) is 0 Å². The number of nitrogens with two attached hydrogens (primary N) is 2. The highest BCUT2D eigenvalue weighted by Gasteiger charge is 2.22. The molecule has 4 rings (SSSR count). The number of H-pyrrole nitrogens is 1. The van der Waals surface area contributed by atoms with Crippen LogP contribution in [0.1, 0.15) is 23.1 Å². The molecule has 6 N–H and O–H groups in total. The number of nitrogen functional groups attached to an aromatic ring is 2. The van der Waals surface area contributed by atoms with Gasteiger partial charge in [-0.15, -0.1) is 0 Å². The zero-order valence-corrected chi connectivity index (χ0v) is 13.6. The van der Waals surface area contributed by atoms with Crippen molar-refractivity contribution >= 4 is 23.3 Å². The van der Waals surface area contributed by atoms with Crippen molar-refractivity contribution in [3.05, 3.63) is 65.2 Å². The van der Waals surface area contributed by atoms with Crippen molar-refractivity contribution in [2.24, 2.45) is 10.7 Å². The van der Waals surface area contributed by atoms with Crippen LogP contribution in [0.4, 0.5) is 11.8 Å². The third kappa shape index (κ3) is 2.67. The van der Waals surface area contributed by atoms with Crippen molar-refractivity contribution < 1.29 is 0 Å². The number of aromatic nitrogens is 2. The van der Waals surface area contributed by atoms with Crippen LogP contribution in [0, 0.1) is 5.41 Å². The topological polar surface area (TPSA) is 117 Å². The predicted molar refractivity (Wildman–Crippen MR) is 100 cm³/mol. The molecule has 6 nitrogen and oxygen atoms in total. The summed E-state index contributed by atoms with van der Waals surface area (Å²) in [7, 11) is 0. The molecule has 1 heterocycles. The van der Waals surface area contributed by atoms with E-state index in [-0.39, 0.29) is 5.84 Å². The quantitative estimate of drug-likeness (QED) is 0.437. The number of hydrogen-bond acceptors (Lipinski definition) is 4. The molecule has 1 aliphatic carbocycles. The van der Waals surface area contributed by atoms with E-state index in [1.54, 1.807) is 0 Å². The van der Waals surface area contributed by atoms with Gasteiger partial charge in [-0.05, 0) is 24.0 Å². The number of nitrogens with one attached hydrogen (secondary N) is 2. The highest BCUT2D eigenvalue weighted by atomic mass is 15.1. The maximum Gasteiger partial charge on any atom is 0.200 e. The van der Waals surface area contributed by atoms with E-state index >= 15 is 0 Å². The SMILES string of the molecule is N=C(N)c1cccc2c1CCC2=Nc1nc(N)[nH]c1-c1ccccc1. The van der Waals surface area contributed by atoms with Gasteiger partial charge in [0.1, 0.15) is 5.84 Å². The van der Waals surface area contributed by atoms with Crippen LogP contribution in [0.2, 0.25) is 0 Å². The zero-order valence-electron chi connectivity index (χ0n) is 13.6. The number of anilines is 1. The Morgan fingerprint density at radius 1 is 1.08 bits per heavy atom. The monoisotopic (exact) mass is 330 g/mol. The molecule has 0 fully saturated rings. The average molecular weight is 330 g/mol. The van der Waals surface area contributed by atoms with Gasteiger partial charge in [0.25, 0.3) is 0 Å². The lowest BCUT2D eigenvalue weighted by atomic mass is 10.0. The first-order chi connectivity index (χ1) is 12.1. The predicted octanol–water partition coefficient (Wildman–Crippen LogP) is 3.01. The van der Waals surface area contributed by atoms with Crippen LogP contribution in [0.25, 0.3) is 11.3 Å². The molecule has 0 saturated heterocycles. The molecule has 2 aromatic carbocycles. The maximum absolute atomic E-state index is 7.74. The molecule has 0 bridgehead atoms. The molecule has 3 aromatic rings. The van der Waals surface area contributed by atoms with E-state index in [1.165, 1.54) is 0 Å². The Hall–Kier alpha value is -3.41. The summed E-state index contributed by atoms with van der Waals surface area (Å²) in [5.41, 5.74) is 17.2. The Bertz CT molecular complexity index is 984. The van der Waals surface area contributed by atoms with E-state index in [4.69, 9.17) is 21.9 Å². The standard InChI is InChI=1S/C19H18N6/c20-17(21)14-8-4-7-13-12(14)9-10-15(13)23-18-16(24-19(22)25-18)11-5-2-1-3-6-11/h1-8H,9-10H2,(H3,20,21)(H3,22,24,25). The number of aromatic amines is 1. The van der Waals surface area contributed by atoms with E-state index in [0.717, 1.165) is 46.5 Å². The second-order valence-corrected chi connectivity index (χ2v) is 5.99. The average Bonchev–Trinajstić information content (AvgIpc) is 3.19. The van der Waals surface area contributed by atoms with E-state index in [1.807, 2.05) is 48.5 Å². The molecule has 0 amide bonds. The van der Waals surface area contributed by atoms with Gasteiger partial charge in [-0.3, -0.25) is 5.41 Å². The lowest BCUT2D eigenvalue weighted by Crippen LogP contribution is -2.13. The number of hydrogen-bond donors (Lipinski definition) is 4. The van der Waals surface area contributed by atoms with Crippen molar-refractivity contribution in [2.45, 2.75) is 12.8 Å². The summed E-state index contributed by atoms with van der Waals surface area (Å²) in [5.74, 6) is 1.01. The fraction of sp³-hybridized carbons (Fsp3) is 0.105. The van der Waals surface area contributed by atoms with E-state index < -0.39 is 0 Å². The molecule has 0 spiro atoms. The number of imidazole rings is 1. The first-order valence-electron chi connectivity index (χ1n) is 8.08. The normalized spacial score (nSPS) is 14.6. The fourth-order valence-corrected chi connectivity index (χ4v) is 3.27. The van der Waals surface area contributed by atoms with Crippen LogP contribution in [0.5, 0.6) is 0 Å². The van der Waals surface area contributed by atoms with Gasteiger partial charge in [-0.1, -0.05) is 48.5 Å². The van der Waals surface area contributed by atoms with Gasteiger partial charge in [0.05, 0.1) is 11.4 Å². The van der Waals surface area contributed by atoms with Crippen LogP contribution in [0.15, 0.2) is 53.5 Å². The minimum Gasteiger partial charge on any atom is -0.384 e. The van der Waals surface area contributed by atoms with E-state index in [2.05, 4.69) is 9.97 Å². The molecule has 0 saturated carbocycles. The number of rotatable bonds is 3. The molecule has 1 aromatic heterocycles. The Morgan fingerprint density at radius 3 is 2.64 bits per heavy atom. The van der Waals surface area contributed by atoms with Gasteiger partial charge in [0.15, 0.2) is 11.8 Å². The minimum absolute atomic E-state index is 0.0899. The molecule has 1 aliphatic rings. The summed E-state index contributed by atoms with van der Waals surface area (Å²) in [5, 5.41) is 7.74. The lowest BCUT2D eigenvalue weighted by molar-refractivity contribution is 1.08. The third-order valence-corrected chi connectivity index (χ3v) is 4.40. The van der Waals surface area contributed by atoms with Crippen molar-refractivity contribution in [1.82, 2.24) is 9.97 Å². The highest BCUT2D eigenvalue weighted by molar-refractivity contribution is 6.09. The van der Waals surface area contributed by atoms with E-state index in [0.29, 0.717) is 11.8 Å². The van der Waals surface area contributed by atoms with Gasteiger partial charge in [0, 0.05) is 11.1 Å². The van der Waals surface area contributed by atoms with Crippen LogP contribution in [-0.2, 0) is 6.42 Å². The Balaban J connectivity index is 1.81. The molecule has 0 aliphatic heterocycles. The summed E-state index contributed by atoms with van der Waals surface area (Å²) in [6.45, 7) is 0. The Labute approximate surface area is 145 Å². The molecule has 6 heteroatoms. The Morgan fingerprint density at radius 2 is 1.88 bits per heavy atom. The van der Waals surface area contributed by atoms with Crippen molar-refractivity contribution in [2.75, 3.05) is 5.73 Å². The Kier molecular flexibility index (Phi) is 3.57. The van der Waals surface area contributed by atoms with Gasteiger partial charge in [0.2, 0.25) is 0 Å². The highest BCUT2D eigenvalue weighted by Crippen LogP contribution is 2.32. The minimum atomic E-state index is 0.0899. The zero-order chi connectivity index (χ0) is 17.4. The maximum atomic E-state index is 7.74. The number of aliphatic imine (C=N–C) groups is 1. The van der Waals surface area contributed by atoms with E-state index in [9.17, 15) is 0 Å². The van der Waals surface area contributed by atoms with Crippen LogP contribution >= 0.6 is 0 Å². The van der Waals surface area contributed by atoms with Crippen molar-refractivity contribution in [3.8, 4) is 11.3 Å². The molecular formula is C19H18N6. The van der Waals surface area contributed by atoms with Crippen LogP contribution in [-0.4, -0.2) is 21.5 Å². The molecule has 0 unspecified atom stereocenters. The second-order valence-electron chi connectivity index (χ2n) is 5.99. The molecule has 124 valence electrons. The van der Waals surface area contributed by atoms with Gasteiger partial charge in [-0.2, -0.15) is 4.98 Å². The van der Waals surface area contributed by atoms with Gasteiger partial charge < -0.3 is 16.5 Å². The van der Waals surface area contributed by atoms with Crippen molar-refractivity contribution in [1.29, 1.82) is 5.41 Å². The smallest absolute Gasteiger partial charge is 0.200 e. The fourth-order valence-electron chi connectivity index (χ4n) is 3.27. The number of benzene rings is 2. The molecule has 25 heavy (non-hydrogen) atoms. The largest absolute Gasteiger partial charge is 0.384 e. The second kappa shape index (κ2) is 5.90. The first-order valence-corrected chi connectivity index (χ1v) is 8.08. The third-order valence-electron chi connectivity index (χ3n) is 4.40.